The van der Waals surface area contributed by atoms with Crippen molar-refractivity contribution in [3.05, 3.63) is 54.0 Å². The standard InChI is InChI=1S/C14H14N2O2/c1-10-4-6-13(12(15)9-10)16-14(17)7-5-11-3-2-8-18-11/h2-9H,15H2,1H3,(H,16,17)/b7-5+. The Balaban J connectivity index is 2.03. The van der Waals surface area contributed by atoms with E-state index >= 15 is 0 Å². The molecule has 1 heterocycles. The quantitative estimate of drug-likeness (QED) is 0.642. The molecule has 0 saturated heterocycles. The molecule has 0 aliphatic rings. The summed E-state index contributed by atoms with van der Waals surface area (Å²) in [4.78, 5) is 11.6. The molecule has 0 fully saturated rings. The van der Waals surface area contributed by atoms with Gasteiger partial charge in [0.05, 0.1) is 17.6 Å². The number of benzene rings is 1. The maximum absolute atomic E-state index is 11.6. The van der Waals surface area contributed by atoms with Crippen molar-refractivity contribution < 1.29 is 9.21 Å². The second kappa shape index (κ2) is 5.23. The first-order valence-corrected chi connectivity index (χ1v) is 5.54. The molecule has 0 unspecified atom stereocenters. The maximum Gasteiger partial charge on any atom is 0.248 e. The Morgan fingerprint density at radius 3 is 2.89 bits per heavy atom. The fourth-order valence-corrected chi connectivity index (χ4v) is 1.51. The van der Waals surface area contributed by atoms with E-state index in [1.807, 2.05) is 19.1 Å². The average Bonchev–Trinajstić information content (AvgIpc) is 2.83. The Morgan fingerprint density at radius 2 is 2.22 bits per heavy atom. The maximum atomic E-state index is 11.6. The number of amides is 1. The summed E-state index contributed by atoms with van der Waals surface area (Å²) in [5, 5.41) is 2.71. The van der Waals surface area contributed by atoms with Gasteiger partial charge in [-0.05, 0) is 42.8 Å². The second-order valence-corrected chi connectivity index (χ2v) is 3.93. The molecule has 0 bridgehead atoms. The fourth-order valence-electron chi connectivity index (χ4n) is 1.51. The first-order valence-electron chi connectivity index (χ1n) is 5.54. The van der Waals surface area contributed by atoms with Crippen LogP contribution >= 0.6 is 0 Å². The fraction of sp³-hybridized carbons (Fsp3) is 0.0714. The second-order valence-electron chi connectivity index (χ2n) is 3.93. The molecule has 0 spiro atoms. The van der Waals surface area contributed by atoms with E-state index in [9.17, 15) is 4.79 Å². The van der Waals surface area contributed by atoms with E-state index in [0.717, 1.165) is 5.56 Å². The Bertz CT molecular complexity index is 571. The number of nitrogens with two attached hydrogens (primary N) is 1. The number of rotatable bonds is 3. The van der Waals surface area contributed by atoms with Crippen molar-refractivity contribution in [2.75, 3.05) is 11.1 Å². The summed E-state index contributed by atoms with van der Waals surface area (Å²) in [6.45, 7) is 1.94. The number of furan rings is 1. The SMILES string of the molecule is Cc1ccc(NC(=O)/C=C/c2ccco2)c(N)c1. The average molecular weight is 242 g/mol. The van der Waals surface area contributed by atoms with Crippen LogP contribution in [-0.4, -0.2) is 5.91 Å². The molecule has 1 aromatic heterocycles. The van der Waals surface area contributed by atoms with Gasteiger partial charge in [-0.2, -0.15) is 0 Å². The molecule has 18 heavy (non-hydrogen) atoms. The summed E-state index contributed by atoms with van der Waals surface area (Å²) in [5.41, 5.74) is 8.01. The van der Waals surface area contributed by atoms with Crippen LogP contribution in [0.2, 0.25) is 0 Å². The molecule has 2 rings (SSSR count). The van der Waals surface area contributed by atoms with Crippen LogP contribution in [0.5, 0.6) is 0 Å². The van der Waals surface area contributed by atoms with Crippen molar-refractivity contribution >= 4 is 23.4 Å². The number of nitrogens with one attached hydrogen (secondary N) is 1. The van der Waals surface area contributed by atoms with E-state index in [2.05, 4.69) is 5.32 Å². The molecular weight excluding hydrogens is 228 g/mol. The van der Waals surface area contributed by atoms with Crippen LogP contribution in [-0.2, 0) is 4.79 Å². The highest BCUT2D eigenvalue weighted by Crippen LogP contribution is 2.19. The van der Waals surface area contributed by atoms with Gasteiger partial charge in [-0.15, -0.1) is 0 Å². The van der Waals surface area contributed by atoms with Gasteiger partial charge < -0.3 is 15.5 Å². The molecule has 3 N–H and O–H groups in total. The van der Waals surface area contributed by atoms with E-state index < -0.39 is 0 Å². The third-order valence-corrected chi connectivity index (χ3v) is 2.41. The summed E-state index contributed by atoms with van der Waals surface area (Å²) in [7, 11) is 0. The number of aryl methyl sites for hydroxylation is 1. The topological polar surface area (TPSA) is 68.3 Å². The van der Waals surface area contributed by atoms with Gasteiger partial charge in [0.15, 0.2) is 0 Å². The van der Waals surface area contributed by atoms with E-state index in [0.29, 0.717) is 17.1 Å². The van der Waals surface area contributed by atoms with Gasteiger partial charge in [0.2, 0.25) is 5.91 Å². The van der Waals surface area contributed by atoms with E-state index in [1.54, 1.807) is 30.5 Å². The zero-order valence-corrected chi connectivity index (χ0v) is 10.0. The highest BCUT2D eigenvalue weighted by Gasteiger charge is 2.02. The van der Waals surface area contributed by atoms with Gasteiger partial charge in [0.25, 0.3) is 0 Å². The molecular formula is C14H14N2O2. The van der Waals surface area contributed by atoms with Crippen molar-refractivity contribution in [1.29, 1.82) is 0 Å². The summed E-state index contributed by atoms with van der Waals surface area (Å²) in [6, 6.07) is 9.01. The van der Waals surface area contributed by atoms with Gasteiger partial charge in [-0.1, -0.05) is 6.07 Å². The van der Waals surface area contributed by atoms with Crippen LogP contribution in [0.3, 0.4) is 0 Å². The van der Waals surface area contributed by atoms with Crippen molar-refractivity contribution in [3.8, 4) is 0 Å². The molecule has 0 saturated carbocycles. The minimum absolute atomic E-state index is 0.248. The first-order chi connectivity index (χ1) is 8.65. The van der Waals surface area contributed by atoms with Crippen LogP contribution < -0.4 is 11.1 Å². The lowest BCUT2D eigenvalue weighted by molar-refractivity contribution is -0.111. The number of nitrogen functional groups attached to an aromatic ring is 1. The molecule has 4 nitrogen and oxygen atoms in total. The van der Waals surface area contributed by atoms with E-state index in [-0.39, 0.29) is 5.91 Å². The lowest BCUT2D eigenvalue weighted by atomic mass is 10.2. The number of carbonyl (C=O) groups excluding carboxylic acids is 1. The molecule has 1 aromatic carbocycles. The Kier molecular flexibility index (Phi) is 3.48. The summed E-state index contributed by atoms with van der Waals surface area (Å²) in [6.07, 6.45) is 4.55. The number of hydrogen-bond acceptors (Lipinski definition) is 3. The zero-order valence-electron chi connectivity index (χ0n) is 10.0. The molecule has 1 amide bonds. The molecule has 92 valence electrons. The smallest absolute Gasteiger partial charge is 0.248 e. The molecule has 0 radical (unpaired) electrons. The van der Waals surface area contributed by atoms with Gasteiger partial charge in [0, 0.05) is 6.08 Å². The summed E-state index contributed by atoms with van der Waals surface area (Å²) in [5.74, 6) is 0.379. The molecule has 0 aliphatic heterocycles. The minimum atomic E-state index is -0.248. The molecule has 2 aromatic rings. The number of carbonyl (C=O) groups is 1. The van der Waals surface area contributed by atoms with Gasteiger partial charge in [0.1, 0.15) is 5.76 Å². The van der Waals surface area contributed by atoms with Crippen LogP contribution in [0.4, 0.5) is 11.4 Å². The highest BCUT2D eigenvalue weighted by atomic mass is 16.3. The van der Waals surface area contributed by atoms with Crippen LogP contribution in [0.15, 0.2) is 47.1 Å². The predicted molar refractivity (Wildman–Crippen MR) is 72.0 cm³/mol. The third kappa shape index (κ3) is 3.01. The Morgan fingerprint density at radius 1 is 1.39 bits per heavy atom. The van der Waals surface area contributed by atoms with Gasteiger partial charge >= 0.3 is 0 Å². The predicted octanol–water partition coefficient (Wildman–Crippen LogP) is 2.82. The monoisotopic (exact) mass is 242 g/mol. The number of anilines is 2. The van der Waals surface area contributed by atoms with Gasteiger partial charge in [-0.3, -0.25) is 4.79 Å². The lowest BCUT2D eigenvalue weighted by Crippen LogP contribution is -2.09. The largest absolute Gasteiger partial charge is 0.465 e. The first kappa shape index (κ1) is 12.0. The Hall–Kier alpha value is -2.49. The molecule has 4 heteroatoms. The molecule has 0 atom stereocenters. The van der Waals surface area contributed by atoms with Gasteiger partial charge in [-0.25, -0.2) is 0 Å². The minimum Gasteiger partial charge on any atom is -0.465 e. The van der Waals surface area contributed by atoms with Crippen molar-refractivity contribution in [2.24, 2.45) is 0 Å². The Labute approximate surface area is 105 Å². The summed E-state index contributed by atoms with van der Waals surface area (Å²) < 4.78 is 5.08. The van der Waals surface area contributed by atoms with Crippen molar-refractivity contribution in [3.63, 3.8) is 0 Å². The lowest BCUT2D eigenvalue weighted by Gasteiger charge is -2.06. The third-order valence-electron chi connectivity index (χ3n) is 2.41. The number of hydrogen-bond donors (Lipinski definition) is 2. The van der Waals surface area contributed by atoms with Crippen molar-refractivity contribution in [2.45, 2.75) is 6.92 Å². The van der Waals surface area contributed by atoms with E-state index in [1.165, 1.54) is 6.08 Å². The zero-order chi connectivity index (χ0) is 13.0. The van der Waals surface area contributed by atoms with E-state index in [4.69, 9.17) is 10.2 Å². The van der Waals surface area contributed by atoms with Crippen LogP contribution in [0, 0.1) is 6.92 Å². The van der Waals surface area contributed by atoms with Crippen LogP contribution in [0.25, 0.3) is 6.08 Å². The molecule has 0 aliphatic carbocycles. The summed E-state index contributed by atoms with van der Waals surface area (Å²) >= 11 is 0. The highest BCUT2D eigenvalue weighted by molar-refractivity contribution is 6.03. The normalized spacial score (nSPS) is 10.7. The van der Waals surface area contributed by atoms with Crippen molar-refractivity contribution in [1.82, 2.24) is 0 Å². The van der Waals surface area contributed by atoms with Crippen LogP contribution in [0.1, 0.15) is 11.3 Å².